The van der Waals surface area contributed by atoms with Crippen molar-refractivity contribution in [3.05, 3.63) is 29.3 Å². The summed E-state index contributed by atoms with van der Waals surface area (Å²) < 4.78 is 11.2. The minimum absolute atomic E-state index is 0.175. The number of hydrogen-bond donors (Lipinski definition) is 0. The monoisotopic (exact) mass is 220 g/mol. The summed E-state index contributed by atoms with van der Waals surface area (Å²) in [5, 5.41) is 0. The molecule has 0 bridgehead atoms. The molecule has 1 saturated heterocycles. The Morgan fingerprint density at radius 3 is 2.81 bits per heavy atom. The van der Waals surface area contributed by atoms with Gasteiger partial charge in [-0.2, -0.15) is 0 Å². The topological polar surface area (TPSA) is 35.5 Å². The molecule has 16 heavy (non-hydrogen) atoms. The molecule has 0 atom stereocenters. The van der Waals surface area contributed by atoms with Gasteiger partial charge in [0.25, 0.3) is 0 Å². The highest BCUT2D eigenvalue weighted by molar-refractivity contribution is 5.80. The third-order valence-corrected chi connectivity index (χ3v) is 2.82. The van der Waals surface area contributed by atoms with Crippen molar-refractivity contribution in [1.29, 1.82) is 0 Å². The highest BCUT2D eigenvalue weighted by atomic mass is 16.5. The minimum Gasteiger partial charge on any atom is -0.489 e. The van der Waals surface area contributed by atoms with Gasteiger partial charge in [-0.3, -0.25) is 4.79 Å². The lowest BCUT2D eigenvalue weighted by Gasteiger charge is -2.24. The Morgan fingerprint density at radius 1 is 1.38 bits per heavy atom. The van der Waals surface area contributed by atoms with Crippen molar-refractivity contribution >= 4 is 6.29 Å². The van der Waals surface area contributed by atoms with Crippen molar-refractivity contribution in [1.82, 2.24) is 0 Å². The smallest absolute Gasteiger partial charge is 0.153 e. The van der Waals surface area contributed by atoms with Crippen LogP contribution >= 0.6 is 0 Å². The molecule has 1 heterocycles. The zero-order valence-corrected chi connectivity index (χ0v) is 9.44. The fraction of sp³-hybridized carbons (Fsp3) is 0.462. The maximum absolute atomic E-state index is 10.9. The van der Waals surface area contributed by atoms with Crippen molar-refractivity contribution in [2.75, 3.05) is 13.2 Å². The van der Waals surface area contributed by atoms with E-state index in [0.29, 0.717) is 5.56 Å². The van der Waals surface area contributed by atoms with E-state index in [-0.39, 0.29) is 6.10 Å². The van der Waals surface area contributed by atoms with E-state index < -0.39 is 0 Å². The first-order valence-corrected chi connectivity index (χ1v) is 5.60. The first kappa shape index (κ1) is 11.1. The molecule has 1 aliphatic heterocycles. The summed E-state index contributed by atoms with van der Waals surface area (Å²) in [5.41, 5.74) is 1.64. The van der Waals surface area contributed by atoms with Crippen LogP contribution < -0.4 is 4.74 Å². The van der Waals surface area contributed by atoms with Gasteiger partial charge < -0.3 is 9.47 Å². The maximum Gasteiger partial charge on any atom is 0.153 e. The van der Waals surface area contributed by atoms with E-state index in [1.165, 1.54) is 0 Å². The van der Waals surface area contributed by atoms with Gasteiger partial charge in [-0.25, -0.2) is 0 Å². The molecule has 0 N–H and O–H groups in total. The Hall–Kier alpha value is -1.35. The highest BCUT2D eigenvalue weighted by Crippen LogP contribution is 2.25. The van der Waals surface area contributed by atoms with Gasteiger partial charge in [-0.1, -0.05) is 12.1 Å². The molecule has 0 amide bonds. The molecule has 1 aliphatic rings. The number of carbonyl (C=O) groups is 1. The predicted molar refractivity (Wildman–Crippen MR) is 61.0 cm³/mol. The first-order chi connectivity index (χ1) is 7.81. The van der Waals surface area contributed by atoms with E-state index >= 15 is 0 Å². The van der Waals surface area contributed by atoms with Crippen LogP contribution in [-0.4, -0.2) is 25.6 Å². The molecule has 0 aliphatic carbocycles. The summed E-state index contributed by atoms with van der Waals surface area (Å²) in [6, 6.07) is 5.62. The zero-order valence-electron chi connectivity index (χ0n) is 9.44. The number of aldehydes is 1. The second-order valence-corrected chi connectivity index (χ2v) is 4.04. The fourth-order valence-corrected chi connectivity index (χ4v) is 1.89. The van der Waals surface area contributed by atoms with Gasteiger partial charge in [-0.15, -0.1) is 0 Å². The van der Waals surface area contributed by atoms with Crippen molar-refractivity contribution in [3.63, 3.8) is 0 Å². The Kier molecular flexibility index (Phi) is 3.57. The summed E-state index contributed by atoms with van der Waals surface area (Å²) in [5.74, 6) is 0.726. The van der Waals surface area contributed by atoms with Crippen molar-refractivity contribution in [2.45, 2.75) is 25.9 Å². The van der Waals surface area contributed by atoms with E-state index in [1.54, 1.807) is 6.07 Å². The summed E-state index contributed by atoms with van der Waals surface area (Å²) in [7, 11) is 0. The van der Waals surface area contributed by atoms with Crippen LogP contribution in [0.5, 0.6) is 5.75 Å². The molecule has 86 valence electrons. The number of hydrogen-bond acceptors (Lipinski definition) is 3. The van der Waals surface area contributed by atoms with Gasteiger partial charge >= 0.3 is 0 Å². The number of ether oxygens (including phenoxy) is 2. The molecular formula is C13H16O3. The van der Waals surface area contributed by atoms with Crippen LogP contribution in [0.3, 0.4) is 0 Å². The summed E-state index contributed by atoms with van der Waals surface area (Å²) in [6.07, 6.45) is 2.81. The second-order valence-electron chi connectivity index (χ2n) is 4.04. The van der Waals surface area contributed by atoms with Crippen LogP contribution in [0.15, 0.2) is 18.2 Å². The molecule has 3 heteroatoms. The third kappa shape index (κ3) is 2.42. The molecule has 1 aromatic rings. The van der Waals surface area contributed by atoms with Gasteiger partial charge in [-0.05, 0) is 18.6 Å². The highest BCUT2D eigenvalue weighted by Gasteiger charge is 2.17. The van der Waals surface area contributed by atoms with Gasteiger partial charge in [0.05, 0.1) is 18.8 Å². The fourth-order valence-electron chi connectivity index (χ4n) is 1.89. The number of para-hydroxylation sites is 1. The van der Waals surface area contributed by atoms with E-state index in [9.17, 15) is 4.79 Å². The Morgan fingerprint density at radius 2 is 2.12 bits per heavy atom. The van der Waals surface area contributed by atoms with Gasteiger partial charge in [0.15, 0.2) is 6.29 Å². The SMILES string of the molecule is Cc1cccc(C=O)c1OC1CCOCC1. The van der Waals surface area contributed by atoms with Crippen LogP contribution in [-0.2, 0) is 4.74 Å². The quantitative estimate of drug-likeness (QED) is 0.733. The number of rotatable bonds is 3. The van der Waals surface area contributed by atoms with Crippen molar-refractivity contribution in [2.24, 2.45) is 0 Å². The number of benzene rings is 1. The lowest BCUT2D eigenvalue weighted by molar-refractivity contribution is 0.0250. The molecule has 0 radical (unpaired) electrons. The molecule has 0 unspecified atom stereocenters. The Labute approximate surface area is 95.4 Å². The average molecular weight is 220 g/mol. The summed E-state index contributed by atoms with van der Waals surface area (Å²) in [6.45, 7) is 3.45. The van der Waals surface area contributed by atoms with Crippen LogP contribution in [0.25, 0.3) is 0 Å². The van der Waals surface area contributed by atoms with Crippen LogP contribution in [0, 0.1) is 6.92 Å². The first-order valence-electron chi connectivity index (χ1n) is 5.60. The van der Waals surface area contributed by atoms with Gasteiger partial charge in [0.1, 0.15) is 11.9 Å². The second kappa shape index (κ2) is 5.12. The minimum atomic E-state index is 0.175. The average Bonchev–Trinajstić information content (AvgIpc) is 2.33. The summed E-state index contributed by atoms with van der Waals surface area (Å²) >= 11 is 0. The molecule has 1 aromatic carbocycles. The van der Waals surface area contributed by atoms with E-state index in [0.717, 1.165) is 43.7 Å². The number of aryl methyl sites for hydroxylation is 1. The molecule has 0 spiro atoms. The maximum atomic E-state index is 10.9. The van der Waals surface area contributed by atoms with Crippen LogP contribution in [0.4, 0.5) is 0 Å². The zero-order chi connectivity index (χ0) is 11.4. The van der Waals surface area contributed by atoms with Crippen LogP contribution in [0.2, 0.25) is 0 Å². The van der Waals surface area contributed by atoms with Crippen molar-refractivity contribution < 1.29 is 14.3 Å². The molecule has 3 nitrogen and oxygen atoms in total. The Bertz CT molecular complexity index is 367. The molecule has 1 fully saturated rings. The van der Waals surface area contributed by atoms with E-state index in [2.05, 4.69) is 0 Å². The lowest BCUT2D eigenvalue weighted by atomic mass is 10.1. The summed E-state index contributed by atoms with van der Waals surface area (Å²) in [4.78, 5) is 10.9. The number of carbonyl (C=O) groups excluding carboxylic acids is 1. The van der Waals surface area contributed by atoms with Crippen molar-refractivity contribution in [3.8, 4) is 5.75 Å². The third-order valence-electron chi connectivity index (χ3n) is 2.82. The van der Waals surface area contributed by atoms with E-state index in [4.69, 9.17) is 9.47 Å². The predicted octanol–water partition coefficient (Wildman–Crippen LogP) is 2.37. The standard InChI is InChI=1S/C13H16O3/c1-10-3-2-4-11(9-14)13(10)16-12-5-7-15-8-6-12/h2-4,9,12H,5-8H2,1H3. The van der Waals surface area contributed by atoms with Gasteiger partial charge in [0, 0.05) is 12.8 Å². The Balaban J connectivity index is 2.15. The normalized spacial score (nSPS) is 17.1. The molecule has 2 rings (SSSR count). The van der Waals surface area contributed by atoms with Crippen LogP contribution in [0.1, 0.15) is 28.8 Å². The lowest BCUT2D eigenvalue weighted by Crippen LogP contribution is -2.26. The molecular weight excluding hydrogens is 204 g/mol. The largest absolute Gasteiger partial charge is 0.489 e. The molecule has 0 saturated carbocycles. The molecule has 0 aromatic heterocycles. The van der Waals surface area contributed by atoms with E-state index in [1.807, 2.05) is 19.1 Å². The van der Waals surface area contributed by atoms with Gasteiger partial charge in [0.2, 0.25) is 0 Å².